The number of rotatable bonds is 5. The highest BCUT2D eigenvalue weighted by molar-refractivity contribution is 5.66. The zero-order valence-electron chi connectivity index (χ0n) is 10.4. The average molecular weight is 259 g/mol. The molecule has 19 heavy (non-hydrogen) atoms. The molecule has 0 aromatic carbocycles. The van der Waals surface area contributed by atoms with Crippen LogP contribution in [0, 0.1) is 6.92 Å². The number of aryl methyl sites for hydroxylation is 1. The lowest BCUT2D eigenvalue weighted by atomic mass is 10.2. The Morgan fingerprint density at radius 1 is 1.42 bits per heavy atom. The van der Waals surface area contributed by atoms with Gasteiger partial charge in [0.25, 0.3) is 0 Å². The van der Waals surface area contributed by atoms with Crippen molar-refractivity contribution in [3.05, 3.63) is 36.3 Å². The van der Waals surface area contributed by atoms with Crippen LogP contribution in [0.3, 0.4) is 0 Å². The van der Waals surface area contributed by atoms with E-state index in [-0.39, 0.29) is 13.0 Å². The molecule has 2 aromatic heterocycles. The lowest BCUT2D eigenvalue weighted by Crippen LogP contribution is -2.06. The summed E-state index contributed by atoms with van der Waals surface area (Å²) in [6.45, 7) is 1.91. The number of carbonyl (C=O) groups is 1. The van der Waals surface area contributed by atoms with Crippen molar-refractivity contribution in [1.82, 2.24) is 15.0 Å². The monoisotopic (exact) mass is 259 g/mol. The Labute approximate surface area is 110 Å². The summed E-state index contributed by atoms with van der Waals surface area (Å²) in [7, 11) is 0. The maximum Gasteiger partial charge on any atom is 0.306 e. The average Bonchev–Trinajstić information content (AvgIpc) is 2.39. The van der Waals surface area contributed by atoms with Crippen molar-refractivity contribution in [3.63, 3.8) is 0 Å². The molecule has 98 valence electrons. The zero-order chi connectivity index (χ0) is 13.7. The molecular formula is C13H13N3O3. The van der Waals surface area contributed by atoms with E-state index < -0.39 is 5.97 Å². The Morgan fingerprint density at radius 3 is 2.95 bits per heavy atom. The van der Waals surface area contributed by atoms with Gasteiger partial charge < -0.3 is 9.84 Å². The van der Waals surface area contributed by atoms with Gasteiger partial charge >= 0.3 is 5.97 Å². The highest BCUT2D eigenvalue weighted by atomic mass is 16.5. The van der Waals surface area contributed by atoms with Crippen LogP contribution in [0.1, 0.15) is 12.1 Å². The minimum absolute atomic E-state index is 0.0642. The molecule has 0 aliphatic heterocycles. The molecule has 0 amide bonds. The first kappa shape index (κ1) is 12.9. The number of aliphatic carboxylic acids is 1. The van der Waals surface area contributed by atoms with Crippen molar-refractivity contribution in [2.45, 2.75) is 13.3 Å². The second kappa shape index (κ2) is 5.90. The number of pyridine rings is 1. The normalized spacial score (nSPS) is 10.2. The van der Waals surface area contributed by atoms with Crippen molar-refractivity contribution >= 4 is 5.97 Å². The van der Waals surface area contributed by atoms with Crippen molar-refractivity contribution in [2.75, 3.05) is 6.61 Å². The number of ether oxygens (including phenoxy) is 1. The number of nitrogens with zero attached hydrogens (tertiary/aromatic N) is 3. The third-order valence-corrected chi connectivity index (χ3v) is 2.32. The van der Waals surface area contributed by atoms with E-state index in [1.807, 2.05) is 13.0 Å². The van der Waals surface area contributed by atoms with Crippen molar-refractivity contribution in [2.24, 2.45) is 0 Å². The first-order valence-electron chi connectivity index (χ1n) is 5.76. The highest BCUT2D eigenvalue weighted by Crippen LogP contribution is 2.17. The molecule has 0 saturated heterocycles. The summed E-state index contributed by atoms with van der Waals surface area (Å²) in [5.41, 5.74) is 1.54. The largest absolute Gasteiger partial charge is 0.481 e. The SMILES string of the molecule is Cc1cc(OCCC(=O)O)nc(-c2cccnc2)n1. The minimum atomic E-state index is -0.904. The molecule has 0 bridgehead atoms. The Bertz CT molecular complexity index is 573. The van der Waals surface area contributed by atoms with Gasteiger partial charge in [-0.25, -0.2) is 4.98 Å². The molecule has 0 spiro atoms. The van der Waals surface area contributed by atoms with E-state index in [9.17, 15) is 4.79 Å². The molecule has 2 rings (SSSR count). The summed E-state index contributed by atoms with van der Waals surface area (Å²) >= 11 is 0. The first-order valence-corrected chi connectivity index (χ1v) is 5.76. The van der Waals surface area contributed by atoms with E-state index in [4.69, 9.17) is 9.84 Å². The fourth-order valence-electron chi connectivity index (χ4n) is 1.48. The molecule has 1 N–H and O–H groups in total. The van der Waals surface area contributed by atoms with Gasteiger partial charge in [0.2, 0.25) is 5.88 Å². The number of hydrogen-bond donors (Lipinski definition) is 1. The summed E-state index contributed by atoms with van der Waals surface area (Å²) in [5, 5.41) is 8.56. The summed E-state index contributed by atoms with van der Waals surface area (Å²) < 4.78 is 5.31. The zero-order valence-corrected chi connectivity index (χ0v) is 10.4. The van der Waals surface area contributed by atoms with Crippen LogP contribution in [0.4, 0.5) is 0 Å². The number of hydrogen-bond acceptors (Lipinski definition) is 5. The maximum absolute atomic E-state index is 10.4. The van der Waals surface area contributed by atoms with Gasteiger partial charge in [-0.05, 0) is 19.1 Å². The molecule has 0 unspecified atom stereocenters. The highest BCUT2D eigenvalue weighted by Gasteiger charge is 2.06. The van der Waals surface area contributed by atoms with Gasteiger partial charge in [0, 0.05) is 29.7 Å². The van der Waals surface area contributed by atoms with Gasteiger partial charge in [0.1, 0.15) is 6.61 Å². The van der Waals surface area contributed by atoms with Crippen LogP contribution in [-0.4, -0.2) is 32.6 Å². The molecule has 6 nitrogen and oxygen atoms in total. The lowest BCUT2D eigenvalue weighted by Gasteiger charge is -2.07. The van der Waals surface area contributed by atoms with Crippen molar-refractivity contribution in [3.8, 4) is 17.3 Å². The molecule has 0 atom stereocenters. The third-order valence-electron chi connectivity index (χ3n) is 2.32. The predicted octanol–water partition coefficient (Wildman–Crippen LogP) is 1.70. The van der Waals surface area contributed by atoms with Gasteiger partial charge in [0.15, 0.2) is 5.82 Å². The standard InChI is InChI=1S/C13H13N3O3/c1-9-7-11(19-6-4-12(17)18)16-13(15-9)10-3-2-5-14-8-10/h2-3,5,7-8H,4,6H2,1H3,(H,17,18). The molecule has 0 aliphatic rings. The van der Waals surface area contributed by atoms with Crippen LogP contribution in [0.15, 0.2) is 30.6 Å². The van der Waals surface area contributed by atoms with E-state index in [1.54, 1.807) is 24.5 Å². The Balaban J connectivity index is 2.18. The summed E-state index contributed by atoms with van der Waals surface area (Å²) in [5.74, 6) is -0.0238. The second-order valence-corrected chi connectivity index (χ2v) is 3.91. The van der Waals surface area contributed by atoms with Crippen LogP contribution >= 0.6 is 0 Å². The predicted molar refractivity (Wildman–Crippen MR) is 67.7 cm³/mol. The maximum atomic E-state index is 10.4. The first-order chi connectivity index (χ1) is 9.15. The Kier molecular flexibility index (Phi) is 4.02. The van der Waals surface area contributed by atoms with Gasteiger partial charge in [0.05, 0.1) is 6.42 Å². The summed E-state index contributed by atoms with van der Waals surface area (Å²) in [6, 6.07) is 5.32. The van der Waals surface area contributed by atoms with Gasteiger partial charge in [-0.1, -0.05) is 0 Å². The quantitative estimate of drug-likeness (QED) is 0.879. The fourth-order valence-corrected chi connectivity index (χ4v) is 1.48. The van der Waals surface area contributed by atoms with Crippen LogP contribution in [0.5, 0.6) is 5.88 Å². The van der Waals surface area contributed by atoms with E-state index in [0.29, 0.717) is 11.7 Å². The van der Waals surface area contributed by atoms with Crippen LogP contribution < -0.4 is 4.74 Å². The van der Waals surface area contributed by atoms with E-state index in [2.05, 4.69) is 15.0 Å². The molecule has 2 heterocycles. The fraction of sp³-hybridized carbons (Fsp3) is 0.231. The smallest absolute Gasteiger partial charge is 0.306 e. The lowest BCUT2D eigenvalue weighted by molar-refractivity contribution is -0.137. The van der Waals surface area contributed by atoms with Crippen LogP contribution in [0.25, 0.3) is 11.4 Å². The van der Waals surface area contributed by atoms with E-state index in [1.165, 1.54) is 0 Å². The Hall–Kier alpha value is -2.50. The number of aromatic nitrogens is 3. The molecule has 0 aliphatic carbocycles. The topological polar surface area (TPSA) is 85.2 Å². The van der Waals surface area contributed by atoms with E-state index >= 15 is 0 Å². The number of carboxylic acids is 1. The van der Waals surface area contributed by atoms with Crippen molar-refractivity contribution < 1.29 is 14.6 Å². The number of carboxylic acid groups (broad SMARTS) is 1. The minimum Gasteiger partial charge on any atom is -0.481 e. The molecule has 0 fully saturated rings. The molecule has 6 heteroatoms. The van der Waals surface area contributed by atoms with Gasteiger partial charge in [-0.3, -0.25) is 9.78 Å². The van der Waals surface area contributed by atoms with Crippen LogP contribution in [-0.2, 0) is 4.79 Å². The second-order valence-electron chi connectivity index (χ2n) is 3.91. The molecular weight excluding hydrogens is 246 g/mol. The Morgan fingerprint density at radius 2 is 2.26 bits per heavy atom. The van der Waals surface area contributed by atoms with E-state index in [0.717, 1.165) is 11.3 Å². The summed E-state index contributed by atoms with van der Waals surface area (Å²) in [6.07, 6.45) is 3.27. The van der Waals surface area contributed by atoms with Gasteiger partial charge in [-0.2, -0.15) is 4.98 Å². The molecule has 0 saturated carbocycles. The van der Waals surface area contributed by atoms with Crippen LogP contribution in [0.2, 0.25) is 0 Å². The third kappa shape index (κ3) is 3.74. The molecule has 2 aromatic rings. The molecule has 0 radical (unpaired) electrons. The summed E-state index contributed by atoms with van der Waals surface area (Å²) in [4.78, 5) is 23.0. The van der Waals surface area contributed by atoms with Crippen molar-refractivity contribution in [1.29, 1.82) is 0 Å². The van der Waals surface area contributed by atoms with Gasteiger partial charge in [-0.15, -0.1) is 0 Å².